The van der Waals surface area contributed by atoms with Gasteiger partial charge >= 0.3 is 0 Å². The molecule has 104 valence electrons. The van der Waals surface area contributed by atoms with Crippen LogP contribution in [0.4, 0.5) is 0 Å². The molecule has 0 bridgehead atoms. The molecule has 1 fully saturated rings. The van der Waals surface area contributed by atoms with E-state index in [9.17, 15) is 9.59 Å². The van der Waals surface area contributed by atoms with Gasteiger partial charge in [-0.1, -0.05) is 6.42 Å². The number of carbonyl (C=O) groups is 2. The Hall–Kier alpha value is -0.750. The highest BCUT2D eigenvalue weighted by Gasteiger charge is 2.43. The van der Waals surface area contributed by atoms with Gasteiger partial charge in [0.25, 0.3) is 0 Å². The van der Waals surface area contributed by atoms with E-state index >= 15 is 0 Å². The van der Waals surface area contributed by atoms with E-state index in [-0.39, 0.29) is 11.8 Å². The van der Waals surface area contributed by atoms with E-state index in [1.165, 1.54) is 0 Å². The minimum absolute atomic E-state index is 0.0582. The molecule has 0 aromatic heterocycles. The predicted octanol–water partition coefficient (Wildman–Crippen LogP) is 0.229. The molecule has 0 aliphatic heterocycles. The molecular weight excluding hydrogens is 250 g/mol. The number of rotatable bonds is 7. The second-order valence-corrected chi connectivity index (χ2v) is 5.89. The fourth-order valence-electron chi connectivity index (χ4n) is 2.47. The van der Waals surface area contributed by atoms with Crippen molar-refractivity contribution in [2.75, 3.05) is 18.1 Å². The van der Waals surface area contributed by atoms with Crippen LogP contribution in [0.3, 0.4) is 0 Å². The van der Waals surface area contributed by atoms with Gasteiger partial charge in [0.1, 0.15) is 0 Å². The van der Waals surface area contributed by atoms with Crippen LogP contribution in [0, 0.1) is 5.92 Å². The molecule has 0 spiro atoms. The summed E-state index contributed by atoms with van der Waals surface area (Å²) in [6, 6.07) is 0. The standard InChI is InChI=1S/C12H23N3O2S/c1-2-15-10(16)8-18-7-5-9-4-3-6-12(9,14)11(13)17/h9H,2-8,14H2,1H3,(H2,13,17)(H,15,16). The van der Waals surface area contributed by atoms with Crippen LogP contribution in [0.15, 0.2) is 0 Å². The maximum absolute atomic E-state index is 11.4. The van der Waals surface area contributed by atoms with Crippen molar-refractivity contribution in [3.8, 4) is 0 Å². The third-order valence-electron chi connectivity index (χ3n) is 3.55. The topological polar surface area (TPSA) is 98.2 Å². The van der Waals surface area contributed by atoms with Crippen LogP contribution in [0.25, 0.3) is 0 Å². The fraction of sp³-hybridized carbons (Fsp3) is 0.833. The molecule has 2 unspecified atom stereocenters. The Morgan fingerprint density at radius 3 is 2.83 bits per heavy atom. The van der Waals surface area contributed by atoms with Gasteiger partial charge < -0.3 is 16.8 Å². The van der Waals surface area contributed by atoms with Crippen molar-refractivity contribution in [3.63, 3.8) is 0 Å². The number of hydrogen-bond donors (Lipinski definition) is 3. The third kappa shape index (κ3) is 3.88. The Morgan fingerprint density at radius 2 is 2.22 bits per heavy atom. The SMILES string of the molecule is CCNC(=O)CSCCC1CCCC1(N)C(N)=O. The summed E-state index contributed by atoms with van der Waals surface area (Å²) in [6.07, 6.45) is 3.46. The van der Waals surface area contributed by atoms with Gasteiger partial charge in [0.15, 0.2) is 0 Å². The number of primary amides is 1. The molecule has 1 saturated carbocycles. The normalized spacial score (nSPS) is 27.1. The highest BCUT2D eigenvalue weighted by Crippen LogP contribution is 2.36. The van der Waals surface area contributed by atoms with E-state index in [0.717, 1.165) is 25.0 Å². The van der Waals surface area contributed by atoms with Crippen LogP contribution in [-0.4, -0.2) is 35.4 Å². The molecular formula is C12H23N3O2S. The quantitative estimate of drug-likeness (QED) is 0.578. The van der Waals surface area contributed by atoms with Crippen molar-refractivity contribution in [3.05, 3.63) is 0 Å². The molecule has 0 aromatic rings. The number of hydrogen-bond acceptors (Lipinski definition) is 4. The number of amides is 2. The third-order valence-corrected chi connectivity index (χ3v) is 4.54. The van der Waals surface area contributed by atoms with Gasteiger partial charge in [-0.05, 0) is 37.9 Å². The van der Waals surface area contributed by atoms with Gasteiger partial charge in [-0.25, -0.2) is 0 Å². The Balaban J connectivity index is 2.27. The van der Waals surface area contributed by atoms with Crippen molar-refractivity contribution in [1.82, 2.24) is 5.32 Å². The van der Waals surface area contributed by atoms with E-state index in [1.807, 2.05) is 6.92 Å². The van der Waals surface area contributed by atoms with Crippen LogP contribution in [0.2, 0.25) is 0 Å². The van der Waals surface area contributed by atoms with Gasteiger partial charge in [-0.3, -0.25) is 9.59 Å². The van der Waals surface area contributed by atoms with Gasteiger partial charge in [0.05, 0.1) is 11.3 Å². The molecule has 18 heavy (non-hydrogen) atoms. The molecule has 5 nitrogen and oxygen atoms in total. The fourth-order valence-corrected chi connectivity index (χ4v) is 3.35. The first kappa shape index (κ1) is 15.3. The lowest BCUT2D eigenvalue weighted by molar-refractivity contribution is -0.124. The lowest BCUT2D eigenvalue weighted by Gasteiger charge is -2.27. The molecule has 0 saturated heterocycles. The van der Waals surface area contributed by atoms with Crippen molar-refractivity contribution in [2.45, 2.75) is 38.1 Å². The van der Waals surface area contributed by atoms with Crippen LogP contribution >= 0.6 is 11.8 Å². The highest BCUT2D eigenvalue weighted by atomic mass is 32.2. The minimum Gasteiger partial charge on any atom is -0.368 e. The predicted molar refractivity (Wildman–Crippen MR) is 74.1 cm³/mol. The first-order valence-corrected chi connectivity index (χ1v) is 7.59. The van der Waals surface area contributed by atoms with Crippen molar-refractivity contribution in [1.29, 1.82) is 0 Å². The van der Waals surface area contributed by atoms with Gasteiger partial charge in [0, 0.05) is 6.54 Å². The average molecular weight is 273 g/mol. The molecule has 1 rings (SSSR count). The maximum atomic E-state index is 11.4. The van der Waals surface area contributed by atoms with E-state index in [2.05, 4.69) is 5.32 Å². The monoisotopic (exact) mass is 273 g/mol. The van der Waals surface area contributed by atoms with Crippen molar-refractivity contribution in [2.24, 2.45) is 17.4 Å². The summed E-state index contributed by atoms with van der Waals surface area (Å²) in [5.41, 5.74) is 10.6. The highest BCUT2D eigenvalue weighted by molar-refractivity contribution is 7.99. The summed E-state index contributed by atoms with van der Waals surface area (Å²) in [6.45, 7) is 2.56. The first-order valence-electron chi connectivity index (χ1n) is 6.44. The zero-order valence-electron chi connectivity index (χ0n) is 10.9. The Bertz CT molecular complexity index is 312. The largest absolute Gasteiger partial charge is 0.368 e. The average Bonchev–Trinajstić information content (AvgIpc) is 2.68. The number of nitrogens with one attached hydrogen (secondary N) is 1. The number of carbonyl (C=O) groups excluding carboxylic acids is 2. The molecule has 1 aliphatic carbocycles. The summed E-state index contributed by atoms with van der Waals surface area (Å²) in [4.78, 5) is 22.6. The second kappa shape index (κ2) is 6.99. The summed E-state index contributed by atoms with van der Waals surface area (Å²) in [7, 11) is 0. The lowest BCUT2D eigenvalue weighted by atomic mass is 9.85. The molecule has 0 aromatic carbocycles. The Morgan fingerprint density at radius 1 is 1.50 bits per heavy atom. The zero-order valence-corrected chi connectivity index (χ0v) is 11.7. The molecule has 6 heteroatoms. The van der Waals surface area contributed by atoms with Gasteiger partial charge in [0.2, 0.25) is 11.8 Å². The van der Waals surface area contributed by atoms with E-state index < -0.39 is 11.4 Å². The van der Waals surface area contributed by atoms with Crippen LogP contribution < -0.4 is 16.8 Å². The zero-order chi connectivity index (χ0) is 13.6. The molecule has 2 atom stereocenters. The summed E-state index contributed by atoms with van der Waals surface area (Å²) in [5.74, 6) is 1.14. The van der Waals surface area contributed by atoms with Crippen LogP contribution in [0.1, 0.15) is 32.6 Å². The Kier molecular flexibility index (Phi) is 5.95. The van der Waals surface area contributed by atoms with E-state index in [4.69, 9.17) is 11.5 Å². The van der Waals surface area contributed by atoms with Crippen LogP contribution in [0.5, 0.6) is 0 Å². The summed E-state index contributed by atoms with van der Waals surface area (Å²) >= 11 is 1.58. The minimum atomic E-state index is -0.827. The van der Waals surface area contributed by atoms with E-state index in [0.29, 0.717) is 18.7 Å². The lowest BCUT2D eigenvalue weighted by Crippen LogP contribution is -2.54. The molecule has 1 aliphatic rings. The van der Waals surface area contributed by atoms with Gasteiger partial charge in [-0.2, -0.15) is 11.8 Å². The first-order chi connectivity index (χ1) is 8.50. The molecule has 2 amide bonds. The maximum Gasteiger partial charge on any atom is 0.237 e. The molecule has 0 heterocycles. The van der Waals surface area contributed by atoms with E-state index in [1.54, 1.807) is 11.8 Å². The summed E-state index contributed by atoms with van der Waals surface area (Å²) < 4.78 is 0. The smallest absolute Gasteiger partial charge is 0.237 e. The molecule has 5 N–H and O–H groups in total. The van der Waals surface area contributed by atoms with Crippen molar-refractivity contribution >= 4 is 23.6 Å². The second-order valence-electron chi connectivity index (χ2n) is 4.79. The van der Waals surface area contributed by atoms with Gasteiger partial charge in [-0.15, -0.1) is 0 Å². The van der Waals surface area contributed by atoms with Crippen LogP contribution in [-0.2, 0) is 9.59 Å². The van der Waals surface area contributed by atoms with Crippen molar-refractivity contribution < 1.29 is 9.59 Å². The Labute approximate surface area is 112 Å². The number of nitrogens with two attached hydrogens (primary N) is 2. The number of thioether (sulfide) groups is 1. The summed E-state index contributed by atoms with van der Waals surface area (Å²) in [5, 5.41) is 2.75. The molecule has 0 radical (unpaired) electrons.